The quantitative estimate of drug-likeness (QED) is 0.587. The Labute approximate surface area is 122 Å². The van der Waals surface area contributed by atoms with E-state index in [9.17, 15) is 4.79 Å². The smallest absolute Gasteiger partial charge is 0.437 e. The van der Waals surface area contributed by atoms with Crippen LogP contribution in [0.3, 0.4) is 0 Å². The minimum absolute atomic E-state index is 0.101. The van der Waals surface area contributed by atoms with E-state index in [1.54, 1.807) is 0 Å². The van der Waals surface area contributed by atoms with E-state index >= 15 is 0 Å². The largest absolute Gasteiger partial charge is 0.513 e. The Morgan fingerprint density at radius 3 is 2.20 bits per heavy atom. The molecule has 0 fully saturated rings. The van der Waals surface area contributed by atoms with Gasteiger partial charge in [0, 0.05) is 5.56 Å². The monoisotopic (exact) mass is 278 g/mol. The molecule has 0 aliphatic rings. The van der Waals surface area contributed by atoms with E-state index in [0.29, 0.717) is 5.75 Å². The van der Waals surface area contributed by atoms with Crippen LogP contribution in [-0.4, -0.2) is 13.3 Å². The number of hydrogen-bond acceptors (Lipinski definition) is 3. The van der Waals surface area contributed by atoms with Gasteiger partial charge in [-0.2, -0.15) is 0 Å². The lowest BCUT2D eigenvalue weighted by Gasteiger charge is -2.28. The number of rotatable bonds is 3. The summed E-state index contributed by atoms with van der Waals surface area (Å²) in [7, 11) is 1.31. The first-order valence-electron chi connectivity index (χ1n) is 7.02. The molecule has 112 valence electrons. The number of ether oxygens (including phenoxy) is 2. The molecular formula is C17H26O3. The van der Waals surface area contributed by atoms with Crippen LogP contribution < -0.4 is 4.74 Å². The highest BCUT2D eigenvalue weighted by molar-refractivity contribution is 5.65. The van der Waals surface area contributed by atoms with Crippen molar-refractivity contribution < 1.29 is 14.3 Å². The second-order valence-corrected chi connectivity index (χ2v) is 6.75. The predicted octanol–water partition coefficient (Wildman–Crippen LogP) is 4.82. The van der Waals surface area contributed by atoms with Gasteiger partial charge in [-0.15, -0.1) is 0 Å². The molecule has 0 amide bonds. The Morgan fingerprint density at radius 2 is 1.75 bits per heavy atom. The first kappa shape index (κ1) is 16.5. The first-order chi connectivity index (χ1) is 9.11. The highest BCUT2D eigenvalue weighted by atomic mass is 16.7. The summed E-state index contributed by atoms with van der Waals surface area (Å²) < 4.78 is 9.84. The molecular weight excluding hydrogens is 252 g/mol. The molecule has 1 aromatic carbocycles. The van der Waals surface area contributed by atoms with Crippen molar-refractivity contribution in [2.75, 3.05) is 7.11 Å². The van der Waals surface area contributed by atoms with Gasteiger partial charge in [-0.25, -0.2) is 4.79 Å². The molecule has 0 spiro atoms. The maximum atomic E-state index is 11.4. The fraction of sp³-hybridized carbons (Fsp3) is 0.588. The lowest BCUT2D eigenvalue weighted by molar-refractivity contribution is 0.120. The van der Waals surface area contributed by atoms with Crippen molar-refractivity contribution in [3.63, 3.8) is 0 Å². The van der Waals surface area contributed by atoms with Gasteiger partial charge in [0.15, 0.2) is 0 Å². The van der Waals surface area contributed by atoms with Gasteiger partial charge >= 0.3 is 6.16 Å². The number of carbonyl (C=O) groups excluding carboxylic acids is 1. The van der Waals surface area contributed by atoms with Crippen LogP contribution in [0.1, 0.15) is 59.1 Å². The minimum atomic E-state index is -0.682. The number of methoxy groups -OCH3 is 1. The summed E-state index contributed by atoms with van der Waals surface area (Å²) in [6.07, 6.45) is 0.367. The minimum Gasteiger partial charge on any atom is -0.437 e. The van der Waals surface area contributed by atoms with Gasteiger partial charge in [-0.3, -0.25) is 0 Å². The number of carbonyl (C=O) groups is 1. The molecule has 0 atom stereocenters. The van der Waals surface area contributed by atoms with Crippen LogP contribution in [0.4, 0.5) is 4.79 Å². The highest BCUT2D eigenvalue weighted by Crippen LogP contribution is 2.36. The zero-order valence-corrected chi connectivity index (χ0v) is 13.7. The lowest BCUT2D eigenvalue weighted by Crippen LogP contribution is -2.20. The fourth-order valence-corrected chi connectivity index (χ4v) is 1.96. The zero-order valence-electron chi connectivity index (χ0n) is 13.7. The molecule has 20 heavy (non-hydrogen) atoms. The summed E-state index contributed by atoms with van der Waals surface area (Å²) in [4.78, 5) is 11.4. The first-order valence-corrected chi connectivity index (χ1v) is 7.02. The highest BCUT2D eigenvalue weighted by Gasteiger charge is 2.25. The van der Waals surface area contributed by atoms with Crippen molar-refractivity contribution in [3.8, 4) is 5.75 Å². The topological polar surface area (TPSA) is 35.5 Å². The molecule has 0 aromatic heterocycles. The Balaban J connectivity index is 3.31. The van der Waals surface area contributed by atoms with Crippen LogP contribution in [0, 0.1) is 0 Å². The van der Waals surface area contributed by atoms with Crippen molar-refractivity contribution >= 4 is 6.16 Å². The van der Waals surface area contributed by atoms with Crippen LogP contribution in [0.5, 0.6) is 5.75 Å². The normalized spacial score (nSPS) is 12.2. The molecule has 0 aliphatic carbocycles. The average molecular weight is 278 g/mol. The standard InChI is InChI=1S/C17H26O3/c1-8-17(5,6)12-9-10-14(20-15(18)19-7)13(11-12)16(2,3)4/h9-11H,8H2,1-7H3. The van der Waals surface area contributed by atoms with Crippen LogP contribution in [0.25, 0.3) is 0 Å². The van der Waals surface area contributed by atoms with Crippen molar-refractivity contribution in [3.05, 3.63) is 29.3 Å². The van der Waals surface area contributed by atoms with Gasteiger partial charge in [-0.05, 0) is 28.9 Å². The summed E-state index contributed by atoms with van der Waals surface area (Å²) in [5, 5.41) is 0. The summed E-state index contributed by atoms with van der Waals surface area (Å²) in [5.74, 6) is 0.569. The van der Waals surface area contributed by atoms with Crippen LogP contribution in [-0.2, 0) is 15.6 Å². The molecule has 1 aromatic rings. The van der Waals surface area contributed by atoms with E-state index in [1.807, 2.05) is 12.1 Å². The molecule has 0 N–H and O–H groups in total. The number of hydrogen-bond donors (Lipinski definition) is 0. The average Bonchev–Trinajstić information content (AvgIpc) is 2.37. The Morgan fingerprint density at radius 1 is 1.15 bits per heavy atom. The summed E-state index contributed by atoms with van der Waals surface area (Å²) in [6, 6.07) is 6.03. The van der Waals surface area contributed by atoms with E-state index in [2.05, 4.69) is 52.3 Å². The summed E-state index contributed by atoms with van der Waals surface area (Å²) in [6.45, 7) is 12.9. The summed E-state index contributed by atoms with van der Waals surface area (Å²) in [5.41, 5.74) is 2.26. The maximum absolute atomic E-state index is 11.4. The van der Waals surface area contributed by atoms with Gasteiger partial charge in [-0.1, -0.05) is 53.7 Å². The molecule has 0 heterocycles. The van der Waals surface area contributed by atoms with Gasteiger partial charge in [0.1, 0.15) is 5.75 Å². The molecule has 0 radical (unpaired) electrons. The van der Waals surface area contributed by atoms with Gasteiger partial charge in [0.25, 0.3) is 0 Å². The molecule has 0 saturated heterocycles. The predicted molar refractivity (Wildman–Crippen MR) is 81.5 cm³/mol. The van der Waals surface area contributed by atoms with Crippen LogP contribution >= 0.6 is 0 Å². The third-order valence-electron chi connectivity index (χ3n) is 3.81. The molecule has 3 heteroatoms. The molecule has 3 nitrogen and oxygen atoms in total. The van der Waals surface area contributed by atoms with Crippen LogP contribution in [0.15, 0.2) is 18.2 Å². The van der Waals surface area contributed by atoms with Gasteiger partial charge in [0.05, 0.1) is 7.11 Å². The SMILES string of the molecule is CCC(C)(C)c1ccc(OC(=O)OC)c(C(C)(C)C)c1. The van der Waals surface area contributed by atoms with Gasteiger partial charge < -0.3 is 9.47 Å². The lowest BCUT2D eigenvalue weighted by atomic mass is 9.78. The Bertz CT molecular complexity index is 481. The Kier molecular flexibility index (Phi) is 4.85. The van der Waals surface area contributed by atoms with E-state index in [0.717, 1.165) is 12.0 Å². The second kappa shape index (κ2) is 5.86. The van der Waals surface area contributed by atoms with Crippen molar-refractivity contribution in [1.29, 1.82) is 0 Å². The van der Waals surface area contributed by atoms with Gasteiger partial charge in [0.2, 0.25) is 0 Å². The Hall–Kier alpha value is -1.51. The second-order valence-electron chi connectivity index (χ2n) is 6.75. The zero-order chi connectivity index (χ0) is 15.6. The van der Waals surface area contributed by atoms with Crippen molar-refractivity contribution in [1.82, 2.24) is 0 Å². The summed E-state index contributed by atoms with van der Waals surface area (Å²) >= 11 is 0. The molecule has 0 unspecified atom stereocenters. The van der Waals surface area contributed by atoms with Crippen LogP contribution in [0.2, 0.25) is 0 Å². The molecule has 0 aliphatic heterocycles. The van der Waals surface area contributed by atoms with Crippen molar-refractivity contribution in [2.45, 2.75) is 58.8 Å². The maximum Gasteiger partial charge on any atom is 0.513 e. The molecule has 1 rings (SSSR count). The third kappa shape index (κ3) is 3.75. The third-order valence-corrected chi connectivity index (χ3v) is 3.81. The van der Waals surface area contributed by atoms with E-state index in [-0.39, 0.29) is 10.8 Å². The van der Waals surface area contributed by atoms with E-state index in [1.165, 1.54) is 12.7 Å². The van der Waals surface area contributed by atoms with E-state index in [4.69, 9.17) is 4.74 Å². The fourth-order valence-electron chi connectivity index (χ4n) is 1.96. The molecule has 0 saturated carbocycles. The number of benzene rings is 1. The molecule has 0 bridgehead atoms. The van der Waals surface area contributed by atoms with Crippen molar-refractivity contribution in [2.24, 2.45) is 0 Å². The van der Waals surface area contributed by atoms with E-state index < -0.39 is 6.16 Å².